The number of carbonyl (C=O) groups excluding carboxylic acids is 2. The van der Waals surface area contributed by atoms with Crippen molar-refractivity contribution in [1.82, 2.24) is 0 Å². The van der Waals surface area contributed by atoms with Crippen LogP contribution in [0.2, 0.25) is 0 Å². The monoisotopic (exact) mass is 401 g/mol. The molecule has 7 nitrogen and oxygen atoms in total. The van der Waals surface area contributed by atoms with E-state index >= 15 is 0 Å². The van der Waals surface area contributed by atoms with Crippen LogP contribution < -0.4 is 11.5 Å². The number of nitrogens with one attached hydrogen (secondary N) is 1. The molecule has 0 aromatic carbocycles. The fraction of sp³-hybridized carbons (Fsp3) is 0.682. The Morgan fingerprint density at radius 2 is 1.79 bits per heavy atom. The molecule has 2 unspecified atom stereocenters. The third kappa shape index (κ3) is 3.72. The van der Waals surface area contributed by atoms with E-state index in [0.29, 0.717) is 23.3 Å². The minimum atomic E-state index is -1.12. The average Bonchev–Trinajstić information content (AvgIpc) is 2.65. The number of methoxy groups -OCH3 is 1. The second-order valence-electron chi connectivity index (χ2n) is 9.62. The van der Waals surface area contributed by atoms with Crippen LogP contribution in [-0.4, -0.2) is 36.5 Å². The quantitative estimate of drug-likeness (QED) is 0.355. The molecule has 5 aliphatic carbocycles. The van der Waals surface area contributed by atoms with Crippen LogP contribution in [0.15, 0.2) is 23.8 Å². The minimum absolute atomic E-state index is 0.0615. The van der Waals surface area contributed by atoms with Crippen LogP contribution in [0, 0.1) is 28.6 Å². The van der Waals surface area contributed by atoms with Crippen molar-refractivity contribution in [1.29, 1.82) is 5.41 Å². The molecule has 158 valence electrons. The third-order valence-corrected chi connectivity index (χ3v) is 7.35. The first-order valence-corrected chi connectivity index (χ1v) is 10.5. The van der Waals surface area contributed by atoms with Gasteiger partial charge in [-0.2, -0.15) is 0 Å². The summed E-state index contributed by atoms with van der Waals surface area (Å²) in [6, 6.07) is -0.958. The summed E-state index contributed by atoms with van der Waals surface area (Å²) in [6.45, 7) is 0. The molecule has 5 aliphatic rings. The van der Waals surface area contributed by atoms with E-state index in [2.05, 4.69) is 0 Å². The molecule has 0 radical (unpaired) electrons. The van der Waals surface area contributed by atoms with Crippen molar-refractivity contribution >= 4 is 17.8 Å². The lowest BCUT2D eigenvalue weighted by molar-refractivity contribution is -0.195. The summed E-state index contributed by atoms with van der Waals surface area (Å²) in [5.41, 5.74) is 10.8. The lowest BCUT2D eigenvalue weighted by Gasteiger charge is -2.56. The maximum Gasteiger partial charge on any atom is 0.322 e. The molecular formula is C22H31N3O4. The average molecular weight is 402 g/mol. The van der Waals surface area contributed by atoms with Gasteiger partial charge in [0.25, 0.3) is 0 Å². The van der Waals surface area contributed by atoms with Gasteiger partial charge in [-0.25, -0.2) is 0 Å². The highest BCUT2D eigenvalue weighted by Gasteiger charge is 2.55. The Labute approximate surface area is 171 Å². The van der Waals surface area contributed by atoms with Gasteiger partial charge in [-0.15, -0.1) is 0 Å². The van der Waals surface area contributed by atoms with E-state index in [1.165, 1.54) is 26.4 Å². The first-order valence-electron chi connectivity index (χ1n) is 10.5. The molecular weight excluding hydrogens is 370 g/mol. The van der Waals surface area contributed by atoms with E-state index in [4.69, 9.17) is 26.4 Å². The van der Waals surface area contributed by atoms with E-state index in [0.717, 1.165) is 19.3 Å². The van der Waals surface area contributed by atoms with Gasteiger partial charge >= 0.3 is 11.9 Å². The number of rotatable bonds is 6. The Morgan fingerprint density at radius 3 is 2.31 bits per heavy atom. The van der Waals surface area contributed by atoms with Gasteiger partial charge in [0, 0.05) is 0 Å². The van der Waals surface area contributed by atoms with Crippen molar-refractivity contribution < 1.29 is 19.1 Å². The van der Waals surface area contributed by atoms with Gasteiger partial charge in [-0.1, -0.05) is 18.2 Å². The highest BCUT2D eigenvalue weighted by atomic mass is 16.6. The van der Waals surface area contributed by atoms with E-state index < -0.39 is 17.4 Å². The van der Waals surface area contributed by atoms with Crippen LogP contribution in [0.5, 0.6) is 0 Å². The zero-order chi connectivity index (χ0) is 20.8. The predicted molar refractivity (Wildman–Crippen MR) is 108 cm³/mol. The zero-order valence-electron chi connectivity index (χ0n) is 17.0. The lowest BCUT2D eigenvalue weighted by Crippen LogP contribution is -2.55. The molecule has 7 heteroatoms. The third-order valence-electron chi connectivity index (χ3n) is 7.35. The highest BCUT2D eigenvalue weighted by Crippen LogP contribution is 2.57. The molecule has 4 fully saturated rings. The van der Waals surface area contributed by atoms with Gasteiger partial charge in [-0.3, -0.25) is 15.0 Å². The van der Waals surface area contributed by atoms with Crippen molar-refractivity contribution in [3.8, 4) is 0 Å². The fourth-order valence-electron chi connectivity index (χ4n) is 6.44. The molecule has 0 amide bonds. The van der Waals surface area contributed by atoms with E-state index in [1.807, 2.05) is 0 Å². The van der Waals surface area contributed by atoms with Crippen LogP contribution in [0.1, 0.15) is 51.4 Å². The van der Waals surface area contributed by atoms with Crippen LogP contribution in [0.25, 0.3) is 0 Å². The molecule has 0 heterocycles. The first-order chi connectivity index (χ1) is 13.7. The maximum atomic E-state index is 13.6. The smallest absolute Gasteiger partial charge is 0.322 e. The van der Waals surface area contributed by atoms with E-state index in [9.17, 15) is 9.59 Å². The highest BCUT2D eigenvalue weighted by molar-refractivity contribution is 5.96. The lowest BCUT2D eigenvalue weighted by atomic mass is 9.54. The SMILES string of the molecule is COC(=O)C(N)CC1(C(=O)OC23CC4CC(CC(C4)C2)C3)C=CC=C(C(=N)N)C1. The summed E-state index contributed by atoms with van der Waals surface area (Å²) in [4.78, 5) is 25.6. The van der Waals surface area contributed by atoms with Crippen LogP contribution in [0.4, 0.5) is 0 Å². The molecule has 0 saturated heterocycles. The number of esters is 2. The van der Waals surface area contributed by atoms with Crippen molar-refractivity contribution in [2.45, 2.75) is 63.0 Å². The number of ether oxygens (including phenoxy) is 2. The molecule has 4 saturated carbocycles. The number of hydrogen-bond donors (Lipinski definition) is 3. The number of amidine groups is 1. The van der Waals surface area contributed by atoms with Gasteiger partial charge < -0.3 is 20.9 Å². The molecule has 5 rings (SSSR count). The number of hydrogen-bond acceptors (Lipinski definition) is 6. The van der Waals surface area contributed by atoms with Gasteiger partial charge in [0.05, 0.1) is 12.5 Å². The van der Waals surface area contributed by atoms with Gasteiger partial charge in [-0.05, 0) is 74.7 Å². The summed E-state index contributed by atoms with van der Waals surface area (Å²) in [5.74, 6) is 0.930. The van der Waals surface area contributed by atoms with E-state index in [1.54, 1.807) is 18.2 Å². The summed E-state index contributed by atoms with van der Waals surface area (Å²) in [5, 5.41) is 7.81. The Hall–Kier alpha value is -2.15. The molecule has 0 aromatic heterocycles. The van der Waals surface area contributed by atoms with Gasteiger partial charge in [0.15, 0.2) is 0 Å². The Balaban J connectivity index is 1.58. The van der Waals surface area contributed by atoms with E-state index in [-0.39, 0.29) is 30.2 Å². The number of carbonyl (C=O) groups is 2. The topological polar surface area (TPSA) is 128 Å². The summed E-state index contributed by atoms with van der Waals surface area (Å²) in [7, 11) is 1.28. The zero-order valence-corrected chi connectivity index (χ0v) is 17.0. The largest absolute Gasteiger partial charge is 0.468 e. The van der Waals surface area contributed by atoms with Crippen LogP contribution in [0.3, 0.4) is 0 Å². The molecule has 29 heavy (non-hydrogen) atoms. The second-order valence-corrected chi connectivity index (χ2v) is 9.62. The Bertz CT molecular complexity index is 752. The standard InChI is InChI=1S/C22H31N3O4/c1-28-19(26)17(23)12-21(4-2-3-16(11-21)18(24)25)20(27)29-22-8-13-5-14(9-22)7-15(6-13)10-22/h2-4,13-15,17H,5-12,23H2,1H3,(H3,24,25). The van der Waals surface area contributed by atoms with Gasteiger partial charge in [0.2, 0.25) is 0 Å². The Morgan fingerprint density at radius 1 is 1.21 bits per heavy atom. The van der Waals surface area contributed by atoms with Gasteiger partial charge in [0.1, 0.15) is 17.5 Å². The number of nitrogens with two attached hydrogens (primary N) is 2. The molecule has 0 aromatic rings. The molecule has 5 N–H and O–H groups in total. The molecule has 2 atom stereocenters. The normalized spacial score (nSPS) is 38.3. The predicted octanol–water partition coefficient (Wildman–Crippen LogP) is 2.20. The molecule has 0 spiro atoms. The van der Waals surface area contributed by atoms with Crippen molar-refractivity contribution in [3.63, 3.8) is 0 Å². The fourth-order valence-corrected chi connectivity index (χ4v) is 6.44. The van der Waals surface area contributed by atoms with Crippen molar-refractivity contribution in [2.24, 2.45) is 34.6 Å². The summed E-state index contributed by atoms with van der Waals surface area (Å²) >= 11 is 0. The minimum Gasteiger partial charge on any atom is -0.468 e. The summed E-state index contributed by atoms with van der Waals surface area (Å²) < 4.78 is 11.1. The second kappa shape index (κ2) is 7.27. The summed E-state index contributed by atoms with van der Waals surface area (Å²) in [6.07, 6.45) is 12.0. The number of allylic oxidation sites excluding steroid dienone is 2. The maximum absolute atomic E-state index is 13.6. The van der Waals surface area contributed by atoms with Crippen molar-refractivity contribution in [3.05, 3.63) is 23.8 Å². The van der Waals surface area contributed by atoms with Crippen LogP contribution >= 0.6 is 0 Å². The van der Waals surface area contributed by atoms with Crippen LogP contribution in [-0.2, 0) is 19.1 Å². The first kappa shape index (κ1) is 20.1. The molecule has 4 bridgehead atoms. The van der Waals surface area contributed by atoms with Crippen molar-refractivity contribution in [2.75, 3.05) is 7.11 Å². The Kier molecular flexibility index (Phi) is 5.05. The molecule has 0 aliphatic heterocycles.